The molecule has 3 rings (SSSR count). The smallest absolute Gasteiger partial charge is 0.504 e. The van der Waals surface area contributed by atoms with Crippen LogP contribution in [0.2, 0.25) is 0 Å². The van der Waals surface area contributed by atoms with Gasteiger partial charge in [0.2, 0.25) is 0 Å². The number of rotatable bonds is 4. The second kappa shape index (κ2) is 9.90. The van der Waals surface area contributed by atoms with Gasteiger partial charge in [0.05, 0.1) is 6.61 Å². The van der Waals surface area contributed by atoms with Crippen LogP contribution in [0.15, 0.2) is 36.4 Å². The molecule has 1 heterocycles. The van der Waals surface area contributed by atoms with Gasteiger partial charge in [0, 0.05) is 37.3 Å². The highest BCUT2D eigenvalue weighted by Crippen LogP contribution is 2.35. The quantitative estimate of drug-likeness (QED) is 0.371. The van der Waals surface area contributed by atoms with Gasteiger partial charge in [-0.2, -0.15) is 0 Å². The van der Waals surface area contributed by atoms with Crippen LogP contribution in [0.1, 0.15) is 34.1 Å². The van der Waals surface area contributed by atoms with Gasteiger partial charge in [0.1, 0.15) is 5.75 Å². The maximum atomic E-state index is 12.9. The Morgan fingerprint density at radius 3 is 1.91 bits per heavy atom. The van der Waals surface area contributed by atoms with E-state index in [4.69, 9.17) is 9.47 Å². The lowest BCUT2D eigenvalue weighted by molar-refractivity contribution is 0.0718. The third kappa shape index (κ3) is 5.20. The van der Waals surface area contributed by atoms with E-state index < -0.39 is 29.3 Å². The fraction of sp³-hybridized carbons (Fsp3) is 0.318. The molecule has 1 aliphatic rings. The molecule has 170 valence electrons. The largest absolute Gasteiger partial charge is 0.513 e. The molecule has 2 aromatic carbocycles. The lowest BCUT2D eigenvalue weighted by Gasteiger charge is -2.22. The summed E-state index contributed by atoms with van der Waals surface area (Å²) in [6.07, 6.45) is -0.281. The summed E-state index contributed by atoms with van der Waals surface area (Å²) < 4.78 is 9.68. The highest BCUT2D eigenvalue weighted by Gasteiger charge is 2.25. The van der Waals surface area contributed by atoms with Gasteiger partial charge in [-0.1, -0.05) is 0 Å². The molecule has 0 aromatic heterocycles. The van der Waals surface area contributed by atoms with Crippen molar-refractivity contribution in [2.75, 3.05) is 32.8 Å². The number of hydrogen-bond acceptors (Lipinski definition) is 8. The molecule has 3 N–H and O–H groups in total. The summed E-state index contributed by atoms with van der Waals surface area (Å²) in [5.41, 5.74) is 0.448. The molecule has 32 heavy (non-hydrogen) atoms. The van der Waals surface area contributed by atoms with Crippen LogP contribution in [0.4, 0.5) is 4.79 Å². The predicted octanol–water partition coefficient (Wildman–Crippen LogP) is 2.33. The third-order valence-electron chi connectivity index (χ3n) is 4.95. The van der Waals surface area contributed by atoms with Crippen LogP contribution in [0, 0.1) is 0 Å². The molecule has 0 unspecified atom stereocenters. The molecule has 2 amide bonds. The lowest BCUT2D eigenvalue weighted by atomic mass is 10.1. The SMILES string of the molecule is CCOC(=O)Oc1ccc(C(=O)N2CCCN(C(=O)c3cc(O)c(O)c(O)c3)CC2)cc1. The number of carbonyl (C=O) groups excluding carboxylic acids is 3. The Morgan fingerprint density at radius 1 is 0.844 bits per heavy atom. The normalized spacial score (nSPS) is 13.9. The fourth-order valence-corrected chi connectivity index (χ4v) is 3.33. The topological polar surface area (TPSA) is 137 Å². The second-order valence-corrected chi connectivity index (χ2v) is 7.11. The first-order valence-corrected chi connectivity index (χ1v) is 10.1. The first-order chi connectivity index (χ1) is 15.3. The van der Waals surface area contributed by atoms with Gasteiger partial charge in [-0.15, -0.1) is 0 Å². The van der Waals surface area contributed by atoms with Crippen LogP contribution >= 0.6 is 0 Å². The van der Waals surface area contributed by atoms with Crippen LogP contribution < -0.4 is 4.74 Å². The van der Waals surface area contributed by atoms with Crippen molar-refractivity contribution in [3.8, 4) is 23.0 Å². The average molecular weight is 444 g/mol. The summed E-state index contributed by atoms with van der Waals surface area (Å²) in [4.78, 5) is 40.1. The maximum Gasteiger partial charge on any atom is 0.513 e. The van der Waals surface area contributed by atoms with Gasteiger partial charge in [0.15, 0.2) is 17.2 Å². The third-order valence-corrected chi connectivity index (χ3v) is 4.95. The Hall–Kier alpha value is -3.95. The van der Waals surface area contributed by atoms with E-state index >= 15 is 0 Å². The van der Waals surface area contributed by atoms with Crippen molar-refractivity contribution < 1.29 is 39.2 Å². The van der Waals surface area contributed by atoms with E-state index in [9.17, 15) is 29.7 Å². The molecule has 10 heteroatoms. The highest BCUT2D eigenvalue weighted by atomic mass is 16.7. The number of amides is 2. The summed E-state index contributed by atoms with van der Waals surface area (Å²) >= 11 is 0. The van der Waals surface area contributed by atoms with Gasteiger partial charge in [-0.3, -0.25) is 9.59 Å². The number of phenolic OH excluding ortho intramolecular Hbond substituents is 3. The minimum atomic E-state index is -0.820. The molecule has 2 aromatic rings. The molecule has 1 fully saturated rings. The Labute approximate surface area is 184 Å². The molecular weight excluding hydrogens is 420 g/mol. The standard InChI is InChI=1S/C22H24N2O8/c1-2-31-22(30)32-16-6-4-14(5-7-16)20(28)23-8-3-9-24(11-10-23)21(29)15-12-17(25)19(27)18(26)13-15/h4-7,12-13,25-27H,2-3,8-11H2,1H3. The van der Waals surface area contributed by atoms with Crippen LogP contribution in [-0.2, 0) is 4.74 Å². The van der Waals surface area contributed by atoms with E-state index in [2.05, 4.69) is 0 Å². The van der Waals surface area contributed by atoms with E-state index in [1.165, 1.54) is 17.0 Å². The van der Waals surface area contributed by atoms with Crippen molar-refractivity contribution in [3.05, 3.63) is 47.5 Å². The fourth-order valence-electron chi connectivity index (χ4n) is 3.33. The summed E-state index contributed by atoms with van der Waals surface area (Å²) in [5, 5.41) is 28.8. The van der Waals surface area contributed by atoms with Gasteiger partial charge in [-0.25, -0.2) is 4.79 Å². The monoisotopic (exact) mass is 444 g/mol. The summed E-state index contributed by atoms with van der Waals surface area (Å²) in [7, 11) is 0. The van der Waals surface area contributed by atoms with Crippen molar-refractivity contribution in [2.24, 2.45) is 0 Å². The number of carbonyl (C=O) groups is 3. The zero-order chi connectivity index (χ0) is 23.3. The Morgan fingerprint density at radius 2 is 1.38 bits per heavy atom. The molecular formula is C22H24N2O8. The van der Waals surface area contributed by atoms with Crippen molar-refractivity contribution >= 4 is 18.0 Å². The molecule has 0 spiro atoms. The van der Waals surface area contributed by atoms with Gasteiger partial charge in [0.25, 0.3) is 11.8 Å². The van der Waals surface area contributed by atoms with E-state index in [-0.39, 0.29) is 30.4 Å². The number of benzene rings is 2. The van der Waals surface area contributed by atoms with Crippen LogP contribution in [-0.4, -0.2) is 75.9 Å². The molecule has 0 bridgehead atoms. The zero-order valence-corrected chi connectivity index (χ0v) is 17.5. The van der Waals surface area contributed by atoms with Gasteiger partial charge in [-0.05, 0) is 49.7 Å². The Kier molecular flexibility index (Phi) is 7.04. The summed E-state index contributed by atoms with van der Waals surface area (Å²) in [5.74, 6) is -2.25. The van der Waals surface area contributed by atoms with Crippen molar-refractivity contribution in [1.82, 2.24) is 9.80 Å². The Balaban J connectivity index is 1.63. The minimum Gasteiger partial charge on any atom is -0.504 e. The van der Waals surface area contributed by atoms with E-state index in [0.29, 0.717) is 31.6 Å². The molecule has 0 aliphatic carbocycles. The number of hydrogen-bond donors (Lipinski definition) is 3. The Bertz CT molecular complexity index is 982. The zero-order valence-electron chi connectivity index (χ0n) is 17.5. The molecule has 1 saturated heterocycles. The first-order valence-electron chi connectivity index (χ1n) is 10.1. The van der Waals surface area contributed by atoms with Crippen molar-refractivity contribution in [2.45, 2.75) is 13.3 Å². The molecule has 0 saturated carbocycles. The van der Waals surface area contributed by atoms with Gasteiger partial charge >= 0.3 is 6.16 Å². The number of phenols is 3. The first kappa shape index (κ1) is 22.7. The molecule has 0 atom stereocenters. The minimum absolute atomic E-state index is 0.0368. The van der Waals surface area contributed by atoms with Crippen molar-refractivity contribution in [3.63, 3.8) is 0 Å². The van der Waals surface area contributed by atoms with Crippen LogP contribution in [0.3, 0.4) is 0 Å². The van der Waals surface area contributed by atoms with Crippen LogP contribution in [0.5, 0.6) is 23.0 Å². The van der Waals surface area contributed by atoms with Crippen LogP contribution in [0.25, 0.3) is 0 Å². The second-order valence-electron chi connectivity index (χ2n) is 7.11. The maximum absolute atomic E-state index is 12.9. The lowest BCUT2D eigenvalue weighted by Crippen LogP contribution is -2.37. The summed E-state index contributed by atoms with van der Waals surface area (Å²) in [6.45, 7) is 3.24. The van der Waals surface area contributed by atoms with E-state index in [1.54, 1.807) is 24.0 Å². The highest BCUT2D eigenvalue weighted by molar-refractivity contribution is 5.96. The number of aromatic hydroxyl groups is 3. The predicted molar refractivity (Wildman–Crippen MR) is 112 cm³/mol. The van der Waals surface area contributed by atoms with E-state index in [1.807, 2.05) is 0 Å². The molecule has 0 radical (unpaired) electrons. The molecule has 1 aliphatic heterocycles. The number of ether oxygens (including phenoxy) is 2. The summed E-state index contributed by atoms with van der Waals surface area (Å²) in [6, 6.07) is 8.28. The van der Waals surface area contributed by atoms with Gasteiger partial charge < -0.3 is 34.6 Å². The van der Waals surface area contributed by atoms with Crippen molar-refractivity contribution in [1.29, 1.82) is 0 Å². The average Bonchev–Trinajstić information content (AvgIpc) is 3.03. The van der Waals surface area contributed by atoms with E-state index in [0.717, 1.165) is 12.1 Å². The number of nitrogens with zero attached hydrogens (tertiary/aromatic N) is 2. The molecule has 10 nitrogen and oxygen atoms in total.